The molecule has 3 heterocycles. The highest BCUT2D eigenvalue weighted by Gasteiger charge is 2.26. The summed E-state index contributed by atoms with van der Waals surface area (Å²) in [7, 11) is 1.94. The maximum atomic E-state index is 12.4. The van der Waals surface area contributed by atoms with Gasteiger partial charge < -0.3 is 14.4 Å². The Labute approximate surface area is 159 Å². The molecule has 1 aliphatic rings. The number of quaternary nitrogens is 1. The summed E-state index contributed by atoms with van der Waals surface area (Å²) in [6.45, 7) is 3.91. The average molecular weight is 386 g/mol. The number of nitrogens with zero attached hydrogens (tertiary/aromatic N) is 4. The van der Waals surface area contributed by atoms with Crippen LogP contribution in [0, 0.1) is 10.1 Å². The number of rotatable bonds is 4. The molecule has 1 saturated heterocycles. The Morgan fingerprint density at radius 1 is 1.33 bits per heavy atom. The van der Waals surface area contributed by atoms with Gasteiger partial charge in [-0.25, -0.2) is 4.98 Å². The number of amides is 1. The van der Waals surface area contributed by atoms with E-state index in [1.807, 2.05) is 34.0 Å². The highest BCUT2D eigenvalue weighted by Crippen LogP contribution is 2.20. The van der Waals surface area contributed by atoms with Crippen molar-refractivity contribution in [3.05, 3.63) is 56.5 Å². The van der Waals surface area contributed by atoms with Crippen molar-refractivity contribution in [3.63, 3.8) is 0 Å². The summed E-state index contributed by atoms with van der Waals surface area (Å²) >= 11 is 1.48. The molecule has 2 aromatic heterocycles. The number of thiophene rings is 1. The van der Waals surface area contributed by atoms with E-state index in [1.165, 1.54) is 28.4 Å². The van der Waals surface area contributed by atoms with Crippen molar-refractivity contribution < 1.29 is 14.6 Å². The van der Waals surface area contributed by atoms with E-state index >= 15 is 0 Å². The molecule has 0 atom stereocenters. The average Bonchev–Trinajstić information content (AvgIpc) is 3.31. The topological polar surface area (TPSA) is 85.7 Å². The lowest BCUT2D eigenvalue weighted by atomic mass is 10.3. The first kappa shape index (κ1) is 17.6. The van der Waals surface area contributed by atoms with Gasteiger partial charge in [-0.3, -0.25) is 14.9 Å². The largest absolute Gasteiger partial charge is 0.327 e. The SMILES string of the molecule is Cn1c(C[NH+]2CCN(C(=O)c3cccs3)CC2)nc2cc([N+](=O)[O-])ccc21. The quantitative estimate of drug-likeness (QED) is 0.537. The Morgan fingerprint density at radius 2 is 2.11 bits per heavy atom. The molecule has 0 spiro atoms. The van der Waals surface area contributed by atoms with Crippen molar-refractivity contribution in [1.82, 2.24) is 14.5 Å². The molecule has 140 valence electrons. The Hall–Kier alpha value is -2.78. The van der Waals surface area contributed by atoms with Gasteiger partial charge in [-0.2, -0.15) is 0 Å². The number of hydrogen-bond acceptors (Lipinski definition) is 5. The minimum atomic E-state index is -0.400. The van der Waals surface area contributed by atoms with Crippen LogP contribution in [-0.2, 0) is 13.6 Å². The number of nitro benzene ring substituents is 1. The highest BCUT2D eigenvalue weighted by molar-refractivity contribution is 7.12. The number of hydrogen-bond donors (Lipinski definition) is 1. The van der Waals surface area contributed by atoms with Crippen LogP contribution in [0.3, 0.4) is 0 Å². The van der Waals surface area contributed by atoms with Crippen LogP contribution in [-0.4, -0.2) is 51.5 Å². The zero-order valence-corrected chi connectivity index (χ0v) is 15.7. The molecular weight excluding hydrogens is 366 g/mol. The summed E-state index contributed by atoms with van der Waals surface area (Å²) < 4.78 is 2.00. The molecular formula is C18H20N5O3S+. The van der Waals surface area contributed by atoms with Gasteiger partial charge in [0, 0.05) is 19.2 Å². The lowest BCUT2D eigenvalue weighted by Gasteiger charge is -2.31. The number of nitrogens with one attached hydrogen (secondary N) is 1. The molecule has 27 heavy (non-hydrogen) atoms. The Bertz CT molecular complexity index is 990. The van der Waals surface area contributed by atoms with Crippen LogP contribution in [0.25, 0.3) is 11.0 Å². The van der Waals surface area contributed by atoms with Gasteiger partial charge in [-0.05, 0) is 17.5 Å². The zero-order chi connectivity index (χ0) is 19.0. The fraction of sp³-hybridized carbons (Fsp3) is 0.333. The standard InChI is InChI=1S/C18H19N5O3S/c1-20-15-5-4-13(23(25)26)11-14(15)19-17(20)12-21-6-8-22(9-7-21)18(24)16-3-2-10-27-16/h2-5,10-11H,6-9,12H2,1H3/p+1. The number of fused-ring (bicyclic) bond motifs is 1. The molecule has 1 N–H and O–H groups in total. The number of aromatic nitrogens is 2. The van der Waals surface area contributed by atoms with Crippen molar-refractivity contribution in [1.29, 1.82) is 0 Å². The van der Waals surface area contributed by atoms with E-state index in [2.05, 4.69) is 4.98 Å². The lowest BCUT2D eigenvalue weighted by Crippen LogP contribution is -3.13. The van der Waals surface area contributed by atoms with E-state index in [9.17, 15) is 14.9 Å². The maximum absolute atomic E-state index is 12.4. The van der Waals surface area contributed by atoms with Crippen molar-refractivity contribution in [2.24, 2.45) is 7.05 Å². The third-order valence-corrected chi connectivity index (χ3v) is 5.92. The van der Waals surface area contributed by atoms with Gasteiger partial charge in [0.05, 0.1) is 47.0 Å². The van der Waals surface area contributed by atoms with E-state index < -0.39 is 4.92 Å². The number of carbonyl (C=O) groups is 1. The van der Waals surface area contributed by atoms with Gasteiger partial charge in [0.25, 0.3) is 11.6 Å². The highest BCUT2D eigenvalue weighted by atomic mass is 32.1. The third kappa shape index (κ3) is 3.43. The van der Waals surface area contributed by atoms with Crippen LogP contribution in [0.15, 0.2) is 35.7 Å². The van der Waals surface area contributed by atoms with Gasteiger partial charge in [0.1, 0.15) is 6.54 Å². The summed E-state index contributed by atoms with van der Waals surface area (Å²) in [6.07, 6.45) is 0. The number of nitro groups is 1. The number of benzene rings is 1. The summed E-state index contributed by atoms with van der Waals surface area (Å²) in [6, 6.07) is 8.54. The molecule has 8 nitrogen and oxygen atoms in total. The van der Waals surface area contributed by atoms with Crippen molar-refractivity contribution >= 4 is 34.0 Å². The fourth-order valence-electron chi connectivity index (χ4n) is 3.49. The molecule has 1 aromatic carbocycles. The van der Waals surface area contributed by atoms with E-state index in [-0.39, 0.29) is 11.6 Å². The lowest BCUT2D eigenvalue weighted by molar-refractivity contribution is -0.918. The predicted molar refractivity (Wildman–Crippen MR) is 102 cm³/mol. The van der Waals surface area contributed by atoms with Gasteiger partial charge in [0.15, 0.2) is 5.82 Å². The van der Waals surface area contributed by atoms with E-state index in [1.54, 1.807) is 6.07 Å². The van der Waals surface area contributed by atoms with Crippen LogP contribution in [0.2, 0.25) is 0 Å². The first-order valence-corrected chi connectivity index (χ1v) is 9.67. The Morgan fingerprint density at radius 3 is 2.78 bits per heavy atom. The normalized spacial score (nSPS) is 15.4. The molecule has 0 unspecified atom stereocenters. The third-order valence-electron chi connectivity index (χ3n) is 5.07. The Balaban J connectivity index is 1.44. The van der Waals surface area contributed by atoms with Crippen LogP contribution in [0.5, 0.6) is 0 Å². The first-order valence-electron chi connectivity index (χ1n) is 8.79. The summed E-state index contributed by atoms with van der Waals surface area (Å²) in [5, 5.41) is 12.9. The zero-order valence-electron chi connectivity index (χ0n) is 14.9. The van der Waals surface area contributed by atoms with Crippen LogP contribution in [0.4, 0.5) is 5.69 Å². The van der Waals surface area contributed by atoms with Crippen molar-refractivity contribution in [2.45, 2.75) is 6.54 Å². The maximum Gasteiger partial charge on any atom is 0.271 e. The second-order valence-electron chi connectivity index (χ2n) is 6.71. The van der Waals surface area contributed by atoms with Gasteiger partial charge in [0.2, 0.25) is 0 Å². The van der Waals surface area contributed by atoms with E-state index in [0.29, 0.717) is 5.52 Å². The number of aryl methyl sites for hydroxylation is 1. The number of non-ortho nitro benzene ring substituents is 1. The van der Waals surface area contributed by atoms with Crippen LogP contribution >= 0.6 is 11.3 Å². The molecule has 1 amide bonds. The number of piperazine rings is 1. The Kier molecular flexibility index (Phi) is 4.63. The van der Waals surface area contributed by atoms with Gasteiger partial charge >= 0.3 is 0 Å². The second-order valence-corrected chi connectivity index (χ2v) is 7.66. The fourth-order valence-corrected chi connectivity index (χ4v) is 4.18. The first-order chi connectivity index (χ1) is 13.0. The molecule has 0 radical (unpaired) electrons. The molecule has 1 aliphatic heterocycles. The van der Waals surface area contributed by atoms with Crippen molar-refractivity contribution in [2.75, 3.05) is 26.2 Å². The summed E-state index contributed by atoms with van der Waals surface area (Å²) in [5.74, 6) is 1.01. The molecule has 1 fully saturated rings. The molecule has 0 saturated carbocycles. The molecule has 3 aromatic rings. The molecule has 9 heteroatoms. The van der Waals surface area contributed by atoms with Gasteiger partial charge in [-0.1, -0.05) is 6.07 Å². The monoisotopic (exact) mass is 386 g/mol. The number of imidazole rings is 1. The predicted octanol–water partition coefficient (Wildman–Crippen LogP) is 1.08. The summed E-state index contributed by atoms with van der Waals surface area (Å²) in [5.41, 5.74) is 1.59. The van der Waals surface area contributed by atoms with Gasteiger partial charge in [-0.15, -0.1) is 11.3 Å². The summed E-state index contributed by atoms with van der Waals surface area (Å²) in [4.78, 5) is 31.7. The van der Waals surface area contributed by atoms with E-state index in [0.717, 1.165) is 48.9 Å². The number of carbonyl (C=O) groups excluding carboxylic acids is 1. The molecule has 4 rings (SSSR count). The minimum absolute atomic E-state index is 0.0557. The minimum Gasteiger partial charge on any atom is -0.327 e. The van der Waals surface area contributed by atoms with Crippen molar-refractivity contribution in [3.8, 4) is 0 Å². The molecule has 0 aliphatic carbocycles. The van der Waals surface area contributed by atoms with Crippen LogP contribution < -0.4 is 4.90 Å². The van der Waals surface area contributed by atoms with Crippen LogP contribution in [0.1, 0.15) is 15.5 Å². The smallest absolute Gasteiger partial charge is 0.271 e. The molecule has 0 bridgehead atoms. The van der Waals surface area contributed by atoms with E-state index in [4.69, 9.17) is 0 Å². The second kappa shape index (κ2) is 7.09.